The normalized spacial score (nSPS) is 21.9. The van der Waals surface area contributed by atoms with Gasteiger partial charge in [-0.2, -0.15) is 0 Å². The summed E-state index contributed by atoms with van der Waals surface area (Å²) in [5.74, 6) is -0.353. The summed E-state index contributed by atoms with van der Waals surface area (Å²) in [7, 11) is 0. The van der Waals surface area contributed by atoms with E-state index in [9.17, 15) is 9.59 Å². The van der Waals surface area contributed by atoms with Crippen LogP contribution in [0.1, 0.15) is 42.6 Å². The lowest BCUT2D eigenvalue weighted by atomic mass is 10.1. The molecule has 2 rings (SSSR count). The summed E-state index contributed by atoms with van der Waals surface area (Å²) < 4.78 is 0. The molecule has 0 saturated carbocycles. The van der Waals surface area contributed by atoms with Gasteiger partial charge in [-0.15, -0.1) is 0 Å². The quantitative estimate of drug-likeness (QED) is 0.866. The summed E-state index contributed by atoms with van der Waals surface area (Å²) in [4.78, 5) is 25.0. The fourth-order valence-electron chi connectivity index (χ4n) is 2.81. The zero-order valence-electron chi connectivity index (χ0n) is 12.5. The van der Waals surface area contributed by atoms with E-state index >= 15 is 0 Å². The Hall–Kier alpha value is -2.10. The van der Waals surface area contributed by atoms with Crippen LogP contribution < -0.4 is 0 Å². The number of carboxylic acids is 1. The topological polar surface area (TPSA) is 57.6 Å². The molecule has 0 aromatic heterocycles. The first-order chi connectivity index (χ1) is 10.0. The Bertz CT molecular complexity index is 548. The molecule has 1 aliphatic rings. The van der Waals surface area contributed by atoms with Crippen molar-refractivity contribution < 1.29 is 14.7 Å². The maximum atomic E-state index is 12.3. The summed E-state index contributed by atoms with van der Waals surface area (Å²) in [6, 6.07) is 6.83. The lowest BCUT2D eigenvalue weighted by molar-refractivity contribution is -0.126. The minimum Gasteiger partial charge on any atom is -0.478 e. The molecule has 0 radical (unpaired) electrons. The second-order valence-corrected chi connectivity index (χ2v) is 5.65. The van der Waals surface area contributed by atoms with E-state index in [1.54, 1.807) is 36.4 Å². The van der Waals surface area contributed by atoms with Crippen molar-refractivity contribution in [1.82, 2.24) is 4.90 Å². The number of likely N-dealkylation sites (tertiary alicyclic amines) is 1. The highest BCUT2D eigenvalue weighted by Gasteiger charge is 2.30. The Balaban J connectivity index is 2.03. The van der Waals surface area contributed by atoms with Crippen LogP contribution in [0.15, 0.2) is 30.3 Å². The van der Waals surface area contributed by atoms with E-state index in [0.717, 1.165) is 24.9 Å². The number of aromatic carboxylic acids is 1. The zero-order chi connectivity index (χ0) is 15.4. The minimum atomic E-state index is -0.946. The van der Waals surface area contributed by atoms with E-state index in [1.807, 2.05) is 4.90 Å². The molecule has 1 aromatic rings. The maximum absolute atomic E-state index is 12.3. The molecule has 2 atom stereocenters. The number of hydrogen-bond donors (Lipinski definition) is 1. The molecule has 1 amide bonds. The highest BCUT2D eigenvalue weighted by Crippen LogP contribution is 2.25. The van der Waals surface area contributed by atoms with Crippen LogP contribution in [-0.2, 0) is 4.79 Å². The number of rotatable bonds is 4. The molecule has 1 saturated heterocycles. The predicted molar refractivity (Wildman–Crippen MR) is 82.0 cm³/mol. The average molecular weight is 287 g/mol. The van der Waals surface area contributed by atoms with Crippen molar-refractivity contribution in [1.29, 1.82) is 0 Å². The molecule has 0 aliphatic carbocycles. The monoisotopic (exact) mass is 287 g/mol. The molecule has 1 heterocycles. The van der Waals surface area contributed by atoms with Crippen molar-refractivity contribution in [2.75, 3.05) is 6.54 Å². The van der Waals surface area contributed by atoms with Gasteiger partial charge in [0.1, 0.15) is 0 Å². The van der Waals surface area contributed by atoms with Crippen LogP contribution in [0.4, 0.5) is 0 Å². The molecule has 4 nitrogen and oxygen atoms in total. The highest BCUT2D eigenvalue weighted by molar-refractivity contribution is 5.92. The van der Waals surface area contributed by atoms with Crippen LogP contribution in [0.2, 0.25) is 0 Å². The van der Waals surface area contributed by atoms with Crippen molar-refractivity contribution in [3.63, 3.8) is 0 Å². The van der Waals surface area contributed by atoms with Gasteiger partial charge in [0, 0.05) is 18.7 Å². The fraction of sp³-hybridized carbons (Fsp3) is 0.412. The highest BCUT2D eigenvalue weighted by atomic mass is 16.4. The fourth-order valence-corrected chi connectivity index (χ4v) is 2.81. The van der Waals surface area contributed by atoms with Gasteiger partial charge in [-0.1, -0.05) is 26.0 Å². The van der Waals surface area contributed by atoms with Crippen LogP contribution in [0, 0.1) is 5.92 Å². The van der Waals surface area contributed by atoms with Gasteiger partial charge in [-0.25, -0.2) is 4.79 Å². The standard InChI is InChI=1S/C17H21NO3/c1-3-15-10-12(2)11-18(15)16(19)9-6-13-4-7-14(8-5-13)17(20)21/h4-9,12,15H,3,10-11H2,1-2H3,(H,20,21)/b9-6+. The molecule has 1 aromatic carbocycles. The van der Waals surface area contributed by atoms with Gasteiger partial charge < -0.3 is 10.0 Å². The molecule has 0 bridgehead atoms. The Labute approximate surface area is 125 Å². The smallest absolute Gasteiger partial charge is 0.335 e. The van der Waals surface area contributed by atoms with Crippen LogP contribution in [-0.4, -0.2) is 34.5 Å². The van der Waals surface area contributed by atoms with Gasteiger partial charge in [0.05, 0.1) is 5.56 Å². The van der Waals surface area contributed by atoms with E-state index in [-0.39, 0.29) is 11.5 Å². The van der Waals surface area contributed by atoms with Gasteiger partial charge in [-0.05, 0) is 42.5 Å². The van der Waals surface area contributed by atoms with Crippen molar-refractivity contribution in [3.05, 3.63) is 41.5 Å². The minimum absolute atomic E-state index is 0.0357. The lowest BCUT2D eigenvalue weighted by Crippen LogP contribution is -2.33. The van der Waals surface area contributed by atoms with E-state index < -0.39 is 5.97 Å². The van der Waals surface area contributed by atoms with E-state index in [2.05, 4.69) is 13.8 Å². The van der Waals surface area contributed by atoms with Crippen LogP contribution >= 0.6 is 0 Å². The summed E-state index contributed by atoms with van der Waals surface area (Å²) >= 11 is 0. The first kappa shape index (κ1) is 15.3. The molecule has 1 fully saturated rings. The van der Waals surface area contributed by atoms with Gasteiger partial charge in [0.2, 0.25) is 5.91 Å². The number of carbonyl (C=O) groups is 2. The molecular weight excluding hydrogens is 266 g/mol. The largest absolute Gasteiger partial charge is 0.478 e. The second kappa shape index (κ2) is 6.57. The first-order valence-corrected chi connectivity index (χ1v) is 7.33. The third kappa shape index (κ3) is 3.72. The first-order valence-electron chi connectivity index (χ1n) is 7.33. The number of amides is 1. The van der Waals surface area contributed by atoms with Gasteiger partial charge in [0.25, 0.3) is 0 Å². The van der Waals surface area contributed by atoms with Gasteiger partial charge in [0.15, 0.2) is 0 Å². The van der Waals surface area contributed by atoms with Crippen molar-refractivity contribution >= 4 is 18.0 Å². The summed E-state index contributed by atoms with van der Waals surface area (Å²) in [6.45, 7) is 5.10. The molecule has 1 aliphatic heterocycles. The van der Waals surface area contributed by atoms with Crippen molar-refractivity contribution in [3.8, 4) is 0 Å². The second-order valence-electron chi connectivity index (χ2n) is 5.65. The zero-order valence-corrected chi connectivity index (χ0v) is 12.5. The summed E-state index contributed by atoms with van der Waals surface area (Å²) in [5, 5.41) is 8.84. The third-order valence-corrected chi connectivity index (χ3v) is 3.95. The van der Waals surface area contributed by atoms with E-state index in [0.29, 0.717) is 12.0 Å². The van der Waals surface area contributed by atoms with E-state index in [4.69, 9.17) is 5.11 Å². The van der Waals surface area contributed by atoms with Crippen molar-refractivity contribution in [2.24, 2.45) is 5.92 Å². The summed E-state index contributed by atoms with van der Waals surface area (Å²) in [6.07, 6.45) is 5.38. The SMILES string of the molecule is CCC1CC(C)CN1C(=O)/C=C/c1ccc(C(=O)O)cc1. The van der Waals surface area contributed by atoms with Crippen LogP contribution in [0.3, 0.4) is 0 Å². The number of carbonyl (C=O) groups excluding carboxylic acids is 1. The summed E-state index contributed by atoms with van der Waals surface area (Å²) in [5.41, 5.74) is 1.08. The molecule has 112 valence electrons. The Morgan fingerprint density at radius 1 is 1.33 bits per heavy atom. The molecular formula is C17H21NO3. The molecule has 21 heavy (non-hydrogen) atoms. The van der Waals surface area contributed by atoms with E-state index in [1.165, 1.54) is 0 Å². The lowest BCUT2D eigenvalue weighted by Gasteiger charge is -2.21. The molecule has 1 N–H and O–H groups in total. The van der Waals surface area contributed by atoms with Crippen molar-refractivity contribution in [2.45, 2.75) is 32.7 Å². The number of carboxylic acid groups (broad SMARTS) is 1. The number of hydrogen-bond acceptors (Lipinski definition) is 2. The molecule has 4 heteroatoms. The Morgan fingerprint density at radius 3 is 2.57 bits per heavy atom. The average Bonchev–Trinajstić information content (AvgIpc) is 2.86. The number of benzene rings is 1. The predicted octanol–water partition coefficient (Wildman–Crippen LogP) is 3.05. The van der Waals surface area contributed by atoms with Crippen LogP contribution in [0.25, 0.3) is 6.08 Å². The van der Waals surface area contributed by atoms with Gasteiger partial charge >= 0.3 is 5.97 Å². The number of nitrogens with zero attached hydrogens (tertiary/aromatic N) is 1. The van der Waals surface area contributed by atoms with Crippen LogP contribution in [0.5, 0.6) is 0 Å². The molecule has 2 unspecified atom stereocenters. The van der Waals surface area contributed by atoms with Gasteiger partial charge in [-0.3, -0.25) is 4.79 Å². The Kier molecular flexibility index (Phi) is 4.78. The Morgan fingerprint density at radius 2 is 2.00 bits per heavy atom. The maximum Gasteiger partial charge on any atom is 0.335 e. The third-order valence-electron chi connectivity index (χ3n) is 3.95. The molecule has 0 spiro atoms.